The smallest absolute Gasteiger partial charge is 0.160 e. The topological polar surface area (TPSA) is 25.8 Å². The van der Waals surface area contributed by atoms with Crippen LogP contribution in [0.3, 0.4) is 0 Å². The minimum atomic E-state index is 0.696. The van der Waals surface area contributed by atoms with Gasteiger partial charge in [0, 0.05) is 16.7 Å². The van der Waals surface area contributed by atoms with E-state index < -0.39 is 0 Å². The quantitative estimate of drug-likeness (QED) is 0.159. The molecule has 10 aromatic carbocycles. The Kier molecular flexibility index (Phi) is 8.19. The summed E-state index contributed by atoms with van der Waals surface area (Å²) in [4.78, 5) is 10.5. The van der Waals surface area contributed by atoms with Gasteiger partial charge in [-0.3, -0.25) is 0 Å². The number of aromatic nitrogens is 2. The highest BCUT2D eigenvalue weighted by Crippen LogP contribution is 2.46. The molecule has 0 aliphatic carbocycles. The SMILES string of the molecule is c1ccc(-c2ccc(-c3nc(-c4ccccc4)cc(-c4ccc5c(-c6ccc7ccccc7c6)c6ccccc6c(-c6ccc7ccccc7c6)c5c4)n3)cc2)cc1. The van der Waals surface area contributed by atoms with Crippen LogP contribution >= 0.6 is 0 Å². The fourth-order valence-corrected chi connectivity index (χ4v) is 8.57. The van der Waals surface area contributed by atoms with Gasteiger partial charge in [0.1, 0.15) is 0 Å². The van der Waals surface area contributed by atoms with E-state index in [1.807, 2.05) is 12.1 Å². The predicted octanol–water partition coefficient (Wildman–Crippen LogP) is 15.1. The van der Waals surface area contributed by atoms with Crippen molar-refractivity contribution in [1.29, 1.82) is 0 Å². The lowest BCUT2D eigenvalue weighted by Gasteiger charge is -2.19. The highest BCUT2D eigenvalue weighted by atomic mass is 14.9. The molecule has 11 aromatic rings. The zero-order valence-corrected chi connectivity index (χ0v) is 31.7. The number of hydrogen-bond donors (Lipinski definition) is 0. The molecular formula is C56H36N2. The van der Waals surface area contributed by atoms with Gasteiger partial charge in [-0.05, 0) is 101 Å². The largest absolute Gasteiger partial charge is 0.228 e. The molecule has 0 N–H and O–H groups in total. The van der Waals surface area contributed by atoms with Gasteiger partial charge in [-0.15, -0.1) is 0 Å². The molecule has 0 radical (unpaired) electrons. The van der Waals surface area contributed by atoms with Gasteiger partial charge in [0.25, 0.3) is 0 Å². The van der Waals surface area contributed by atoms with Gasteiger partial charge in [0.2, 0.25) is 0 Å². The van der Waals surface area contributed by atoms with E-state index in [4.69, 9.17) is 9.97 Å². The first-order chi connectivity index (χ1) is 28.7. The lowest BCUT2D eigenvalue weighted by atomic mass is 9.84. The van der Waals surface area contributed by atoms with Crippen LogP contribution in [0, 0.1) is 0 Å². The van der Waals surface area contributed by atoms with Crippen LogP contribution in [0.25, 0.3) is 110 Å². The molecule has 2 heteroatoms. The van der Waals surface area contributed by atoms with Gasteiger partial charge in [-0.1, -0.05) is 194 Å². The molecule has 1 heterocycles. The molecule has 58 heavy (non-hydrogen) atoms. The summed E-state index contributed by atoms with van der Waals surface area (Å²) in [5, 5.41) is 9.75. The second-order valence-corrected chi connectivity index (χ2v) is 15.0. The summed E-state index contributed by atoms with van der Waals surface area (Å²) in [5.41, 5.74) is 12.0. The second-order valence-electron chi connectivity index (χ2n) is 15.0. The summed E-state index contributed by atoms with van der Waals surface area (Å²) in [6, 6.07) is 78.4. The monoisotopic (exact) mass is 736 g/mol. The van der Waals surface area contributed by atoms with Gasteiger partial charge in [0.15, 0.2) is 5.82 Å². The fourth-order valence-electron chi connectivity index (χ4n) is 8.57. The van der Waals surface area contributed by atoms with E-state index in [0.29, 0.717) is 5.82 Å². The summed E-state index contributed by atoms with van der Waals surface area (Å²) < 4.78 is 0. The molecule has 0 aliphatic rings. The Morgan fingerprint density at radius 3 is 1.24 bits per heavy atom. The maximum Gasteiger partial charge on any atom is 0.160 e. The summed E-state index contributed by atoms with van der Waals surface area (Å²) in [7, 11) is 0. The number of benzene rings is 10. The third-order valence-corrected chi connectivity index (χ3v) is 11.4. The van der Waals surface area contributed by atoms with Gasteiger partial charge in [-0.2, -0.15) is 0 Å². The highest BCUT2D eigenvalue weighted by molar-refractivity contribution is 6.22. The van der Waals surface area contributed by atoms with Crippen molar-refractivity contribution in [3.8, 4) is 67.3 Å². The van der Waals surface area contributed by atoms with Crippen LogP contribution in [0.2, 0.25) is 0 Å². The van der Waals surface area contributed by atoms with Gasteiger partial charge in [0.05, 0.1) is 11.4 Å². The van der Waals surface area contributed by atoms with Gasteiger partial charge in [-0.25, -0.2) is 9.97 Å². The minimum absolute atomic E-state index is 0.696. The predicted molar refractivity (Wildman–Crippen MR) is 245 cm³/mol. The number of hydrogen-bond acceptors (Lipinski definition) is 2. The zero-order chi connectivity index (χ0) is 38.4. The molecule has 0 amide bonds. The van der Waals surface area contributed by atoms with Crippen molar-refractivity contribution >= 4 is 43.1 Å². The maximum absolute atomic E-state index is 5.32. The molecule has 1 aromatic heterocycles. The van der Waals surface area contributed by atoms with Crippen molar-refractivity contribution < 1.29 is 0 Å². The number of fused-ring (bicyclic) bond motifs is 4. The number of rotatable bonds is 6. The Morgan fingerprint density at radius 2 is 0.638 bits per heavy atom. The molecule has 0 atom stereocenters. The first-order valence-electron chi connectivity index (χ1n) is 19.8. The van der Waals surface area contributed by atoms with Gasteiger partial charge >= 0.3 is 0 Å². The van der Waals surface area contributed by atoms with Crippen LogP contribution in [-0.2, 0) is 0 Å². The van der Waals surface area contributed by atoms with E-state index in [9.17, 15) is 0 Å². The van der Waals surface area contributed by atoms with Crippen molar-refractivity contribution in [3.05, 3.63) is 218 Å². The average molecular weight is 737 g/mol. The summed E-state index contributed by atoms with van der Waals surface area (Å²) in [5.74, 6) is 0.696. The van der Waals surface area contributed by atoms with E-state index in [1.165, 1.54) is 70.9 Å². The van der Waals surface area contributed by atoms with Crippen LogP contribution in [0.4, 0.5) is 0 Å². The molecule has 0 saturated carbocycles. The van der Waals surface area contributed by atoms with E-state index in [2.05, 4.69) is 206 Å². The third-order valence-electron chi connectivity index (χ3n) is 11.4. The summed E-state index contributed by atoms with van der Waals surface area (Å²) >= 11 is 0. The minimum Gasteiger partial charge on any atom is -0.228 e. The van der Waals surface area contributed by atoms with Crippen LogP contribution in [-0.4, -0.2) is 9.97 Å². The Balaban J connectivity index is 1.17. The van der Waals surface area contributed by atoms with Crippen molar-refractivity contribution in [3.63, 3.8) is 0 Å². The Bertz CT molecular complexity index is 3310. The van der Waals surface area contributed by atoms with Crippen molar-refractivity contribution in [2.45, 2.75) is 0 Å². The van der Waals surface area contributed by atoms with E-state index in [1.54, 1.807) is 0 Å². The summed E-state index contributed by atoms with van der Waals surface area (Å²) in [6.45, 7) is 0. The van der Waals surface area contributed by atoms with E-state index in [-0.39, 0.29) is 0 Å². The fraction of sp³-hybridized carbons (Fsp3) is 0. The number of nitrogens with zero attached hydrogens (tertiary/aromatic N) is 2. The Morgan fingerprint density at radius 1 is 0.224 bits per heavy atom. The van der Waals surface area contributed by atoms with Crippen molar-refractivity contribution in [2.75, 3.05) is 0 Å². The van der Waals surface area contributed by atoms with Gasteiger partial charge < -0.3 is 0 Å². The summed E-state index contributed by atoms with van der Waals surface area (Å²) in [6.07, 6.45) is 0. The molecule has 0 saturated heterocycles. The first-order valence-corrected chi connectivity index (χ1v) is 19.8. The molecule has 11 rings (SSSR count). The lowest BCUT2D eigenvalue weighted by molar-refractivity contribution is 1.18. The Hall–Kier alpha value is -7.68. The second kappa shape index (κ2) is 14.1. The molecule has 2 nitrogen and oxygen atoms in total. The van der Waals surface area contributed by atoms with Crippen LogP contribution in [0.1, 0.15) is 0 Å². The first kappa shape index (κ1) is 33.6. The molecule has 0 unspecified atom stereocenters. The molecule has 0 spiro atoms. The standard InChI is InChI=1S/C56H36N2/c1-3-13-37(14-4-1)40-23-27-42(28-24-40)56-57-52(41-17-5-2-6-18-41)36-53(58-56)45-31-32-50-51(35-45)55(47-30-26-39-16-8-10-20-44(39)34-47)49-22-12-11-21-48(49)54(50)46-29-25-38-15-7-9-19-43(38)33-46/h1-36H. The van der Waals surface area contributed by atoms with Crippen molar-refractivity contribution in [1.82, 2.24) is 9.97 Å². The van der Waals surface area contributed by atoms with Crippen LogP contribution in [0.15, 0.2) is 218 Å². The maximum atomic E-state index is 5.32. The van der Waals surface area contributed by atoms with E-state index >= 15 is 0 Å². The Labute approximate surface area is 337 Å². The third kappa shape index (κ3) is 6.00. The zero-order valence-electron chi connectivity index (χ0n) is 31.7. The molecule has 0 fully saturated rings. The van der Waals surface area contributed by atoms with Crippen molar-refractivity contribution in [2.24, 2.45) is 0 Å². The lowest BCUT2D eigenvalue weighted by Crippen LogP contribution is -1.97. The highest BCUT2D eigenvalue weighted by Gasteiger charge is 2.19. The normalized spacial score (nSPS) is 11.4. The molecular weight excluding hydrogens is 701 g/mol. The van der Waals surface area contributed by atoms with Crippen LogP contribution < -0.4 is 0 Å². The molecule has 0 aliphatic heterocycles. The van der Waals surface area contributed by atoms with E-state index in [0.717, 1.165) is 33.6 Å². The molecule has 0 bridgehead atoms. The van der Waals surface area contributed by atoms with Crippen LogP contribution in [0.5, 0.6) is 0 Å². The molecule has 270 valence electrons. The average Bonchev–Trinajstić information content (AvgIpc) is 3.30.